The van der Waals surface area contributed by atoms with Crippen molar-refractivity contribution >= 4 is 17.3 Å². The van der Waals surface area contributed by atoms with Crippen molar-refractivity contribution in [1.29, 1.82) is 0 Å². The molecule has 1 aromatic carbocycles. The van der Waals surface area contributed by atoms with Crippen molar-refractivity contribution in [1.82, 2.24) is 4.98 Å². The number of hydrogen-bond donors (Lipinski definition) is 0. The van der Waals surface area contributed by atoms with Gasteiger partial charge >= 0.3 is 5.69 Å². The minimum absolute atomic E-state index is 0.117. The molecule has 0 unspecified atom stereocenters. The molecule has 0 saturated heterocycles. The predicted octanol–water partition coefficient (Wildman–Crippen LogP) is 2.55. The Labute approximate surface area is 129 Å². The van der Waals surface area contributed by atoms with Crippen molar-refractivity contribution < 1.29 is 23.2 Å². The average molecular weight is 323 g/mol. The van der Waals surface area contributed by atoms with Crippen LogP contribution in [0.15, 0.2) is 30.5 Å². The second kappa shape index (κ2) is 6.34. The number of methoxy groups -OCH3 is 1. The minimum atomic E-state index is -1.30. The lowest BCUT2D eigenvalue weighted by Gasteiger charge is -2.19. The van der Waals surface area contributed by atoms with Crippen LogP contribution in [0.2, 0.25) is 0 Å². The highest BCUT2D eigenvalue weighted by molar-refractivity contribution is 6.06. The van der Waals surface area contributed by atoms with Gasteiger partial charge in [-0.1, -0.05) is 0 Å². The molecule has 2 aromatic rings. The van der Waals surface area contributed by atoms with Gasteiger partial charge in [0.15, 0.2) is 0 Å². The highest BCUT2D eigenvalue weighted by Gasteiger charge is 2.25. The second-order valence-electron chi connectivity index (χ2n) is 4.44. The predicted molar refractivity (Wildman–Crippen MR) is 76.5 cm³/mol. The number of nitro benzene ring substituents is 1. The maximum atomic E-state index is 13.9. The van der Waals surface area contributed by atoms with Crippen LogP contribution in [0.1, 0.15) is 10.4 Å². The lowest BCUT2D eigenvalue weighted by molar-refractivity contribution is -0.387. The second-order valence-corrected chi connectivity index (χ2v) is 4.44. The summed E-state index contributed by atoms with van der Waals surface area (Å²) >= 11 is 0. The SMILES string of the molecule is COc1ncccc1N(C)C(=O)c1cc(F)c([N+](=O)[O-])cc1F. The lowest BCUT2D eigenvalue weighted by Crippen LogP contribution is -2.28. The summed E-state index contributed by atoms with van der Waals surface area (Å²) in [6.45, 7) is 0. The van der Waals surface area contributed by atoms with E-state index in [4.69, 9.17) is 4.74 Å². The highest BCUT2D eigenvalue weighted by Crippen LogP contribution is 2.27. The van der Waals surface area contributed by atoms with Gasteiger partial charge in [-0.2, -0.15) is 4.39 Å². The summed E-state index contributed by atoms with van der Waals surface area (Å²) in [6.07, 6.45) is 1.44. The normalized spacial score (nSPS) is 10.3. The summed E-state index contributed by atoms with van der Waals surface area (Å²) in [6, 6.07) is 3.91. The van der Waals surface area contributed by atoms with Crippen molar-refractivity contribution in [3.8, 4) is 5.88 Å². The van der Waals surface area contributed by atoms with Crippen LogP contribution in [0.3, 0.4) is 0 Å². The number of amides is 1. The Bertz CT molecular complexity index is 783. The number of carbonyl (C=O) groups excluding carboxylic acids is 1. The molecule has 0 N–H and O–H groups in total. The molecule has 0 saturated carbocycles. The maximum absolute atomic E-state index is 13.9. The molecule has 120 valence electrons. The van der Waals surface area contributed by atoms with Crippen LogP contribution in [-0.4, -0.2) is 30.0 Å². The van der Waals surface area contributed by atoms with E-state index in [9.17, 15) is 23.7 Å². The molecular formula is C14H11F2N3O4. The van der Waals surface area contributed by atoms with Crippen LogP contribution in [0, 0.1) is 21.7 Å². The van der Waals surface area contributed by atoms with Crippen molar-refractivity contribution in [2.75, 3.05) is 19.1 Å². The van der Waals surface area contributed by atoms with E-state index in [1.165, 1.54) is 32.5 Å². The van der Waals surface area contributed by atoms with E-state index in [1.807, 2.05) is 0 Å². The third-order valence-corrected chi connectivity index (χ3v) is 3.07. The van der Waals surface area contributed by atoms with E-state index >= 15 is 0 Å². The van der Waals surface area contributed by atoms with Gasteiger partial charge in [-0.05, 0) is 18.2 Å². The van der Waals surface area contributed by atoms with Gasteiger partial charge in [0.25, 0.3) is 5.91 Å². The number of nitro groups is 1. The van der Waals surface area contributed by atoms with Gasteiger partial charge in [-0.3, -0.25) is 14.9 Å². The molecule has 0 fully saturated rings. The fourth-order valence-corrected chi connectivity index (χ4v) is 1.93. The summed E-state index contributed by atoms with van der Waals surface area (Å²) in [4.78, 5) is 26.7. The first kappa shape index (κ1) is 16.3. The van der Waals surface area contributed by atoms with Crippen molar-refractivity contribution in [3.05, 3.63) is 57.8 Å². The number of ether oxygens (including phenoxy) is 1. The summed E-state index contributed by atoms with van der Waals surface area (Å²) in [5.41, 5.74) is -1.44. The van der Waals surface area contributed by atoms with Crippen molar-refractivity contribution in [2.24, 2.45) is 0 Å². The zero-order chi connectivity index (χ0) is 17.1. The molecule has 0 spiro atoms. The summed E-state index contributed by atoms with van der Waals surface area (Å²) in [5.74, 6) is -3.28. The third-order valence-electron chi connectivity index (χ3n) is 3.07. The van der Waals surface area contributed by atoms with Crippen LogP contribution in [-0.2, 0) is 0 Å². The van der Waals surface area contributed by atoms with Crippen molar-refractivity contribution in [2.45, 2.75) is 0 Å². The number of rotatable bonds is 4. The van der Waals surface area contributed by atoms with E-state index < -0.39 is 33.7 Å². The van der Waals surface area contributed by atoms with E-state index in [1.54, 1.807) is 0 Å². The topological polar surface area (TPSA) is 85.6 Å². The monoisotopic (exact) mass is 323 g/mol. The quantitative estimate of drug-likeness (QED) is 0.637. The van der Waals surface area contributed by atoms with Crippen LogP contribution in [0.25, 0.3) is 0 Å². The molecule has 0 atom stereocenters. The number of pyridine rings is 1. The molecule has 1 amide bonds. The molecule has 9 heteroatoms. The summed E-state index contributed by atoms with van der Waals surface area (Å²) in [5, 5.41) is 10.6. The fraction of sp³-hybridized carbons (Fsp3) is 0.143. The number of benzene rings is 1. The first-order valence-corrected chi connectivity index (χ1v) is 6.27. The Hall–Kier alpha value is -3.10. The van der Waals surface area contributed by atoms with Gasteiger partial charge in [0.1, 0.15) is 11.5 Å². The van der Waals surface area contributed by atoms with E-state index in [2.05, 4.69) is 4.98 Å². The Morgan fingerprint density at radius 3 is 2.65 bits per heavy atom. The number of hydrogen-bond acceptors (Lipinski definition) is 5. The van der Waals surface area contributed by atoms with Crippen LogP contribution in [0.4, 0.5) is 20.2 Å². The molecule has 0 aliphatic carbocycles. The summed E-state index contributed by atoms with van der Waals surface area (Å²) in [7, 11) is 2.66. The molecule has 0 aliphatic heterocycles. The minimum Gasteiger partial charge on any atom is -0.480 e. The highest BCUT2D eigenvalue weighted by atomic mass is 19.1. The molecule has 0 aliphatic rings. The molecule has 1 heterocycles. The molecule has 2 rings (SSSR count). The largest absolute Gasteiger partial charge is 0.480 e. The molecule has 7 nitrogen and oxygen atoms in total. The lowest BCUT2D eigenvalue weighted by atomic mass is 10.1. The Balaban J connectivity index is 2.44. The molecule has 23 heavy (non-hydrogen) atoms. The maximum Gasteiger partial charge on any atom is 0.307 e. The number of carbonyl (C=O) groups is 1. The van der Waals surface area contributed by atoms with Gasteiger partial charge < -0.3 is 9.64 Å². The Morgan fingerprint density at radius 2 is 2.04 bits per heavy atom. The number of halogens is 2. The van der Waals surface area contributed by atoms with Gasteiger partial charge in [0.2, 0.25) is 11.7 Å². The van der Waals surface area contributed by atoms with Crippen LogP contribution in [0.5, 0.6) is 5.88 Å². The van der Waals surface area contributed by atoms with E-state index in [0.717, 1.165) is 4.90 Å². The smallest absolute Gasteiger partial charge is 0.307 e. The van der Waals surface area contributed by atoms with Gasteiger partial charge in [-0.25, -0.2) is 9.37 Å². The number of anilines is 1. The fourth-order valence-electron chi connectivity index (χ4n) is 1.93. The molecule has 0 bridgehead atoms. The first-order chi connectivity index (χ1) is 10.9. The van der Waals surface area contributed by atoms with Gasteiger partial charge in [-0.15, -0.1) is 0 Å². The van der Waals surface area contributed by atoms with Gasteiger partial charge in [0.05, 0.1) is 23.7 Å². The molecule has 1 aromatic heterocycles. The van der Waals surface area contributed by atoms with Crippen molar-refractivity contribution in [3.63, 3.8) is 0 Å². The zero-order valence-electron chi connectivity index (χ0n) is 12.1. The Kier molecular flexibility index (Phi) is 4.49. The van der Waals surface area contributed by atoms with Crippen LogP contribution >= 0.6 is 0 Å². The number of aromatic nitrogens is 1. The average Bonchev–Trinajstić information content (AvgIpc) is 2.54. The molecular weight excluding hydrogens is 312 g/mol. The molecule has 0 radical (unpaired) electrons. The Morgan fingerprint density at radius 1 is 1.35 bits per heavy atom. The number of nitrogens with zero attached hydrogens (tertiary/aromatic N) is 3. The van der Waals surface area contributed by atoms with E-state index in [0.29, 0.717) is 12.1 Å². The van der Waals surface area contributed by atoms with E-state index in [-0.39, 0.29) is 11.6 Å². The standard InChI is InChI=1S/C14H11F2N3O4/c1-18(11-4-3-5-17-13(11)23-2)14(20)8-6-10(16)12(19(21)22)7-9(8)15/h3-7H,1-2H3. The van der Waals surface area contributed by atoms with Crippen LogP contribution < -0.4 is 9.64 Å². The zero-order valence-corrected chi connectivity index (χ0v) is 12.1. The van der Waals surface area contributed by atoms with Gasteiger partial charge in [0, 0.05) is 13.2 Å². The first-order valence-electron chi connectivity index (χ1n) is 6.27. The third kappa shape index (κ3) is 3.07. The summed E-state index contributed by atoms with van der Waals surface area (Å²) < 4.78 is 32.6.